The zero-order chi connectivity index (χ0) is 46.3. The van der Waals surface area contributed by atoms with E-state index in [0.29, 0.717) is 43.1 Å². The number of piperidine rings is 1. The van der Waals surface area contributed by atoms with Gasteiger partial charge in [0.1, 0.15) is 24.7 Å². The standard InChI is InChI=1S/C42H41F3N12O8/c43-42(44,45)22-51-31-19-24(13-16-49-31)39-53-29(21-65-39)37(61)52-28-20-56(55-34(28)35(46)59)25-9-7-23(8-10-25)36(60)50-18-17-47-14-2-1-3-15-48-27-6-4-5-26-33(27)41(64)57(40(26)63)30-11-12-32(58)54-38(30)62/h4-10,13,16,19-21,30,47-48H,1-3,11-12,14-15,17-18,22H2,(H2,46,59)(H,49,51)(H,50,60)(H,52,61)(H,54,58,62). The maximum absolute atomic E-state index is 13.3. The van der Waals surface area contributed by atoms with Gasteiger partial charge < -0.3 is 36.7 Å². The number of hydrogen-bond donors (Lipinski definition) is 7. The number of imide groups is 2. The summed E-state index contributed by atoms with van der Waals surface area (Å²) in [6, 6.07) is 12.9. The molecule has 0 aliphatic carbocycles. The number of benzene rings is 2. The monoisotopic (exact) mass is 898 g/mol. The second kappa shape index (κ2) is 19.6. The lowest BCUT2D eigenvalue weighted by atomic mass is 10.0. The first-order valence-electron chi connectivity index (χ1n) is 20.3. The molecule has 0 bridgehead atoms. The first-order valence-corrected chi connectivity index (χ1v) is 20.3. The Morgan fingerprint density at radius 1 is 0.892 bits per heavy atom. The molecule has 1 saturated heterocycles. The number of rotatable bonds is 19. The molecule has 7 rings (SSSR count). The molecule has 1 fully saturated rings. The normalized spacial score (nSPS) is 14.8. The quantitative estimate of drug-likeness (QED) is 0.0463. The largest absolute Gasteiger partial charge is 0.444 e. The molecule has 1 atom stereocenters. The minimum atomic E-state index is -4.46. The molecule has 1 unspecified atom stereocenters. The molecule has 0 saturated carbocycles. The molecular weight excluding hydrogens is 858 g/mol. The second-order valence-corrected chi connectivity index (χ2v) is 14.8. The van der Waals surface area contributed by atoms with Crippen LogP contribution in [0.2, 0.25) is 0 Å². The number of nitrogens with two attached hydrogens (primary N) is 1. The summed E-state index contributed by atoms with van der Waals surface area (Å²) in [5.74, 6) is -4.45. The number of alkyl halides is 3. The third-order valence-corrected chi connectivity index (χ3v) is 10.2. The number of pyridine rings is 1. The van der Waals surface area contributed by atoms with Crippen LogP contribution in [0.15, 0.2) is 77.7 Å². The van der Waals surface area contributed by atoms with Gasteiger partial charge in [-0.1, -0.05) is 12.5 Å². The van der Waals surface area contributed by atoms with Crippen molar-refractivity contribution in [1.29, 1.82) is 0 Å². The highest BCUT2D eigenvalue weighted by Crippen LogP contribution is 2.32. The fourth-order valence-electron chi connectivity index (χ4n) is 7.02. The van der Waals surface area contributed by atoms with Crippen molar-refractivity contribution in [3.63, 3.8) is 0 Å². The number of anilines is 3. The third-order valence-electron chi connectivity index (χ3n) is 10.2. The van der Waals surface area contributed by atoms with Crippen LogP contribution >= 0.6 is 0 Å². The molecule has 2 aromatic carbocycles. The van der Waals surface area contributed by atoms with Crippen LogP contribution in [0.25, 0.3) is 17.1 Å². The van der Waals surface area contributed by atoms with E-state index in [0.717, 1.165) is 30.4 Å². The SMILES string of the molecule is NC(=O)c1nn(-c2ccc(C(=O)NCCNCCCCCNc3cccc4c3C(=O)N(C3CCC(=O)NC3=O)C4=O)cc2)cc1NC(=O)c1coc(-c2ccnc(NCC(F)(F)F)c2)n1. The summed E-state index contributed by atoms with van der Waals surface area (Å²) >= 11 is 0. The number of hydrogen-bond acceptors (Lipinski definition) is 14. The average molecular weight is 899 g/mol. The lowest BCUT2D eigenvalue weighted by Crippen LogP contribution is -2.54. The summed E-state index contributed by atoms with van der Waals surface area (Å²) in [7, 11) is 0. The molecule has 0 spiro atoms. The van der Waals surface area contributed by atoms with Crippen molar-refractivity contribution < 1.29 is 51.2 Å². The van der Waals surface area contributed by atoms with Gasteiger partial charge in [-0.2, -0.15) is 18.3 Å². The molecule has 2 aliphatic heterocycles. The maximum Gasteiger partial charge on any atom is 0.405 e. The third kappa shape index (κ3) is 10.8. The predicted octanol–water partition coefficient (Wildman–Crippen LogP) is 3.25. The van der Waals surface area contributed by atoms with Gasteiger partial charge in [-0.3, -0.25) is 43.8 Å². The molecule has 338 valence electrons. The Bertz CT molecular complexity index is 2650. The number of halogens is 3. The Hall–Kier alpha value is -7.95. The van der Waals surface area contributed by atoms with E-state index >= 15 is 0 Å². The Balaban J connectivity index is 0.819. The van der Waals surface area contributed by atoms with E-state index in [2.05, 4.69) is 47.0 Å². The van der Waals surface area contributed by atoms with Crippen LogP contribution < -0.4 is 37.6 Å². The zero-order valence-corrected chi connectivity index (χ0v) is 34.3. The molecule has 3 aromatic heterocycles. The van der Waals surface area contributed by atoms with Gasteiger partial charge in [-0.25, -0.2) is 14.6 Å². The van der Waals surface area contributed by atoms with Crippen LogP contribution in [0.4, 0.5) is 30.4 Å². The van der Waals surface area contributed by atoms with Crippen molar-refractivity contribution >= 4 is 58.5 Å². The number of fused-ring (bicyclic) bond motifs is 1. The molecule has 2 aliphatic rings. The van der Waals surface area contributed by atoms with E-state index < -0.39 is 54.2 Å². The molecule has 7 amide bonds. The van der Waals surface area contributed by atoms with Gasteiger partial charge in [-0.15, -0.1) is 0 Å². The van der Waals surface area contributed by atoms with Crippen molar-refractivity contribution in [2.45, 2.75) is 44.3 Å². The number of unbranched alkanes of at least 4 members (excludes halogenated alkanes) is 2. The number of nitrogens with zero attached hydrogens (tertiary/aromatic N) is 5. The van der Waals surface area contributed by atoms with Gasteiger partial charge >= 0.3 is 6.18 Å². The van der Waals surface area contributed by atoms with E-state index in [9.17, 15) is 46.7 Å². The Morgan fingerprint density at radius 2 is 1.68 bits per heavy atom. The van der Waals surface area contributed by atoms with E-state index in [1.807, 2.05) is 0 Å². The van der Waals surface area contributed by atoms with Crippen molar-refractivity contribution in [3.05, 3.63) is 101 Å². The average Bonchev–Trinajstić information content (AvgIpc) is 4.01. The van der Waals surface area contributed by atoms with Gasteiger partial charge in [0, 0.05) is 49.1 Å². The molecule has 5 heterocycles. The zero-order valence-electron chi connectivity index (χ0n) is 34.3. The molecular formula is C42H41F3N12O8. The number of nitrogens with one attached hydrogen (secondary N) is 6. The van der Waals surface area contributed by atoms with Crippen LogP contribution in [-0.4, -0.2) is 111 Å². The van der Waals surface area contributed by atoms with E-state index in [-0.39, 0.29) is 64.2 Å². The van der Waals surface area contributed by atoms with Gasteiger partial charge in [0.25, 0.3) is 29.5 Å². The van der Waals surface area contributed by atoms with Crippen molar-refractivity contribution in [1.82, 2.24) is 40.6 Å². The van der Waals surface area contributed by atoms with Crippen molar-refractivity contribution in [2.24, 2.45) is 5.73 Å². The Kier molecular flexibility index (Phi) is 13.6. The number of carbonyl (C=O) groups excluding carboxylic acids is 7. The fraction of sp³-hybridized carbons (Fsp3) is 0.286. The van der Waals surface area contributed by atoms with E-state index in [4.69, 9.17) is 10.2 Å². The highest BCUT2D eigenvalue weighted by atomic mass is 19.4. The predicted molar refractivity (Wildman–Crippen MR) is 225 cm³/mol. The second-order valence-electron chi connectivity index (χ2n) is 14.8. The van der Waals surface area contributed by atoms with Crippen LogP contribution in [-0.2, 0) is 9.59 Å². The fourth-order valence-corrected chi connectivity index (χ4v) is 7.02. The van der Waals surface area contributed by atoms with Gasteiger partial charge in [0.15, 0.2) is 11.4 Å². The van der Waals surface area contributed by atoms with E-state index in [1.165, 1.54) is 29.2 Å². The number of carbonyl (C=O) groups is 7. The minimum Gasteiger partial charge on any atom is -0.444 e. The van der Waals surface area contributed by atoms with Crippen molar-refractivity contribution in [3.8, 4) is 17.1 Å². The van der Waals surface area contributed by atoms with Gasteiger partial charge in [0.2, 0.25) is 17.7 Å². The Morgan fingerprint density at radius 3 is 2.43 bits per heavy atom. The maximum atomic E-state index is 13.3. The molecule has 8 N–H and O–H groups in total. The lowest BCUT2D eigenvalue weighted by molar-refractivity contribution is -0.136. The first kappa shape index (κ1) is 45.1. The molecule has 0 radical (unpaired) electrons. The topological polar surface area (TPSA) is 278 Å². The first-order chi connectivity index (χ1) is 31.2. The summed E-state index contributed by atoms with van der Waals surface area (Å²) in [6.45, 7) is 0.792. The smallest absolute Gasteiger partial charge is 0.405 e. The summed E-state index contributed by atoms with van der Waals surface area (Å²) in [4.78, 5) is 97.3. The highest BCUT2D eigenvalue weighted by molar-refractivity contribution is 6.25. The van der Waals surface area contributed by atoms with Crippen LogP contribution in [0, 0.1) is 0 Å². The number of primary amides is 1. The molecule has 5 aromatic rings. The van der Waals surface area contributed by atoms with E-state index in [1.54, 1.807) is 42.5 Å². The Labute approximate surface area is 366 Å². The van der Waals surface area contributed by atoms with Crippen LogP contribution in [0.3, 0.4) is 0 Å². The number of amides is 7. The highest BCUT2D eigenvalue weighted by Gasteiger charge is 2.45. The summed E-state index contributed by atoms with van der Waals surface area (Å²) < 4.78 is 44.5. The summed E-state index contributed by atoms with van der Waals surface area (Å²) in [5.41, 5.74) is 6.97. The lowest BCUT2D eigenvalue weighted by Gasteiger charge is -2.27. The van der Waals surface area contributed by atoms with Crippen LogP contribution in [0.1, 0.15) is 84.2 Å². The number of aromatic nitrogens is 4. The molecule has 20 nitrogen and oxygen atoms in total. The molecule has 23 heteroatoms. The van der Waals surface area contributed by atoms with Crippen molar-refractivity contribution in [2.75, 3.05) is 48.7 Å². The summed E-state index contributed by atoms with van der Waals surface area (Å²) in [5, 5.41) is 20.4. The summed E-state index contributed by atoms with van der Waals surface area (Å²) in [6.07, 6.45) is 1.75. The number of oxazole rings is 1. The van der Waals surface area contributed by atoms with Gasteiger partial charge in [-0.05, 0) is 74.3 Å². The van der Waals surface area contributed by atoms with Gasteiger partial charge in [0.05, 0.1) is 28.7 Å². The van der Waals surface area contributed by atoms with Crippen LogP contribution in [0.5, 0.6) is 0 Å². The molecule has 65 heavy (non-hydrogen) atoms. The minimum absolute atomic E-state index is 0.0422.